The number of rotatable bonds is 7. The molecule has 4 N–H and O–H groups in total. The van der Waals surface area contributed by atoms with Crippen LogP contribution in [0.25, 0.3) is 0 Å². The van der Waals surface area contributed by atoms with E-state index in [0.29, 0.717) is 18.3 Å². The van der Waals surface area contributed by atoms with Crippen molar-refractivity contribution in [3.8, 4) is 0 Å². The number of nitrogens with zero attached hydrogens (tertiary/aromatic N) is 4. The number of aromatic nitrogens is 4. The lowest BCUT2D eigenvalue weighted by molar-refractivity contribution is -0.137. The minimum Gasteiger partial charge on any atom is -0.365 e. The van der Waals surface area contributed by atoms with E-state index < -0.39 is 23.5 Å². The summed E-state index contributed by atoms with van der Waals surface area (Å²) < 4.78 is 53.9. The Bertz CT molecular complexity index is 1060. The van der Waals surface area contributed by atoms with Gasteiger partial charge in [-0.05, 0) is 30.7 Å². The van der Waals surface area contributed by atoms with Crippen LogP contribution < -0.4 is 16.4 Å². The molecule has 0 unspecified atom stereocenters. The van der Waals surface area contributed by atoms with Gasteiger partial charge in [-0.25, -0.2) is 9.37 Å². The Labute approximate surface area is 168 Å². The number of aryl methyl sites for hydroxylation is 1. The Balaban J connectivity index is 1.83. The number of anilines is 3. The van der Waals surface area contributed by atoms with Crippen molar-refractivity contribution < 1.29 is 22.4 Å². The second kappa shape index (κ2) is 8.35. The molecule has 2 heterocycles. The van der Waals surface area contributed by atoms with Crippen molar-refractivity contribution in [3.05, 3.63) is 59.3 Å². The van der Waals surface area contributed by atoms with Gasteiger partial charge in [0.25, 0.3) is 5.91 Å². The van der Waals surface area contributed by atoms with Crippen LogP contribution in [0.3, 0.4) is 0 Å². The Morgan fingerprint density at radius 3 is 2.63 bits per heavy atom. The van der Waals surface area contributed by atoms with Crippen LogP contribution in [0.1, 0.15) is 28.4 Å². The molecule has 0 aliphatic carbocycles. The van der Waals surface area contributed by atoms with Gasteiger partial charge in [-0.2, -0.15) is 23.3 Å². The molecule has 0 radical (unpaired) electrons. The summed E-state index contributed by atoms with van der Waals surface area (Å²) >= 11 is 0. The molecule has 3 aromatic rings. The molecule has 12 heteroatoms. The molecule has 0 atom stereocenters. The van der Waals surface area contributed by atoms with Crippen LogP contribution in [0, 0.1) is 5.82 Å². The molecule has 0 spiro atoms. The van der Waals surface area contributed by atoms with E-state index in [2.05, 4.69) is 25.7 Å². The molecule has 1 amide bonds. The summed E-state index contributed by atoms with van der Waals surface area (Å²) in [4.78, 5) is 19.8. The molecule has 0 aliphatic heterocycles. The van der Waals surface area contributed by atoms with Crippen LogP contribution in [-0.2, 0) is 19.3 Å². The molecule has 0 bridgehead atoms. The fraction of sp³-hybridized carbons (Fsp3) is 0.222. The third-order valence-corrected chi connectivity index (χ3v) is 4.01. The summed E-state index contributed by atoms with van der Waals surface area (Å²) in [5.74, 6) is -1.78. The maximum Gasteiger partial charge on any atom is 0.416 e. The van der Waals surface area contributed by atoms with Crippen molar-refractivity contribution in [2.75, 3.05) is 10.6 Å². The molecule has 30 heavy (non-hydrogen) atoms. The fourth-order valence-electron chi connectivity index (χ4n) is 2.59. The van der Waals surface area contributed by atoms with Gasteiger partial charge in [-0.15, -0.1) is 0 Å². The molecule has 0 aliphatic rings. The zero-order valence-corrected chi connectivity index (χ0v) is 15.7. The van der Waals surface area contributed by atoms with E-state index in [-0.39, 0.29) is 29.4 Å². The SMILES string of the molecule is CCn1cc(Nc2ncc(C(N)=O)c(NCc3cc(F)cc(C(F)(F)F)c3)n2)cn1. The quantitative estimate of drug-likeness (QED) is 0.503. The molecule has 0 fully saturated rings. The Kier molecular flexibility index (Phi) is 5.85. The van der Waals surface area contributed by atoms with Crippen molar-refractivity contribution in [1.29, 1.82) is 0 Å². The highest BCUT2D eigenvalue weighted by Gasteiger charge is 2.31. The number of primary amides is 1. The van der Waals surface area contributed by atoms with Crippen molar-refractivity contribution in [1.82, 2.24) is 19.7 Å². The van der Waals surface area contributed by atoms with Crippen molar-refractivity contribution >= 4 is 23.4 Å². The normalized spacial score (nSPS) is 11.4. The topological polar surface area (TPSA) is 111 Å². The molecule has 0 saturated carbocycles. The lowest BCUT2D eigenvalue weighted by atomic mass is 10.1. The largest absolute Gasteiger partial charge is 0.416 e. The van der Waals surface area contributed by atoms with Gasteiger partial charge in [0.2, 0.25) is 5.95 Å². The first-order valence-corrected chi connectivity index (χ1v) is 8.72. The maximum absolute atomic E-state index is 13.6. The number of hydrogen-bond donors (Lipinski definition) is 3. The van der Waals surface area contributed by atoms with Crippen LogP contribution in [-0.4, -0.2) is 25.7 Å². The highest BCUT2D eigenvalue weighted by Crippen LogP contribution is 2.30. The highest BCUT2D eigenvalue weighted by molar-refractivity contribution is 5.97. The second-order valence-electron chi connectivity index (χ2n) is 6.23. The van der Waals surface area contributed by atoms with Gasteiger partial charge in [0.05, 0.1) is 23.0 Å². The van der Waals surface area contributed by atoms with E-state index in [1.54, 1.807) is 17.1 Å². The molecule has 0 saturated heterocycles. The minimum absolute atomic E-state index is 0.00934. The van der Waals surface area contributed by atoms with Gasteiger partial charge >= 0.3 is 6.18 Å². The molecular weight excluding hydrogens is 406 g/mol. The number of benzene rings is 1. The predicted molar refractivity (Wildman–Crippen MR) is 100 cm³/mol. The average Bonchev–Trinajstić information content (AvgIpc) is 3.12. The number of amides is 1. The monoisotopic (exact) mass is 423 g/mol. The first-order valence-electron chi connectivity index (χ1n) is 8.72. The first kappa shape index (κ1) is 21.0. The van der Waals surface area contributed by atoms with E-state index >= 15 is 0 Å². The van der Waals surface area contributed by atoms with Crippen LogP contribution in [0.15, 0.2) is 36.8 Å². The summed E-state index contributed by atoms with van der Waals surface area (Å²) in [7, 11) is 0. The van der Waals surface area contributed by atoms with Gasteiger partial charge in [0, 0.05) is 25.5 Å². The Morgan fingerprint density at radius 1 is 1.23 bits per heavy atom. The van der Waals surface area contributed by atoms with Crippen LogP contribution in [0.2, 0.25) is 0 Å². The molecular formula is C18H17F4N7O. The van der Waals surface area contributed by atoms with Gasteiger partial charge in [-0.1, -0.05) is 0 Å². The van der Waals surface area contributed by atoms with Crippen LogP contribution in [0.5, 0.6) is 0 Å². The molecule has 8 nitrogen and oxygen atoms in total. The van der Waals surface area contributed by atoms with Gasteiger partial charge in [-0.3, -0.25) is 9.48 Å². The van der Waals surface area contributed by atoms with E-state index in [1.807, 2.05) is 6.92 Å². The minimum atomic E-state index is -4.69. The van der Waals surface area contributed by atoms with E-state index in [9.17, 15) is 22.4 Å². The number of carbonyl (C=O) groups excluding carboxylic acids is 1. The van der Waals surface area contributed by atoms with Gasteiger partial charge in [0.1, 0.15) is 11.6 Å². The van der Waals surface area contributed by atoms with E-state index in [1.165, 1.54) is 6.20 Å². The smallest absolute Gasteiger partial charge is 0.365 e. The molecule has 3 rings (SSSR count). The van der Waals surface area contributed by atoms with Crippen LogP contribution in [0.4, 0.5) is 35.0 Å². The number of hydrogen-bond acceptors (Lipinski definition) is 6. The second-order valence-corrected chi connectivity index (χ2v) is 6.23. The average molecular weight is 423 g/mol. The lowest BCUT2D eigenvalue weighted by Gasteiger charge is -2.13. The lowest BCUT2D eigenvalue weighted by Crippen LogP contribution is -2.17. The van der Waals surface area contributed by atoms with Crippen molar-refractivity contribution in [2.24, 2.45) is 5.73 Å². The number of nitrogens with one attached hydrogen (secondary N) is 2. The third-order valence-electron chi connectivity index (χ3n) is 4.01. The highest BCUT2D eigenvalue weighted by atomic mass is 19.4. The summed E-state index contributed by atoms with van der Waals surface area (Å²) in [6.07, 6.45) is -0.252. The fourth-order valence-corrected chi connectivity index (χ4v) is 2.59. The Hall–Kier alpha value is -3.70. The summed E-state index contributed by atoms with van der Waals surface area (Å²) in [5.41, 5.74) is 4.72. The molecule has 1 aromatic carbocycles. The zero-order valence-electron chi connectivity index (χ0n) is 15.7. The summed E-state index contributed by atoms with van der Waals surface area (Å²) in [6, 6.07) is 2.16. The first-order chi connectivity index (χ1) is 14.2. The van der Waals surface area contributed by atoms with Gasteiger partial charge < -0.3 is 16.4 Å². The Morgan fingerprint density at radius 2 is 2.00 bits per heavy atom. The van der Waals surface area contributed by atoms with Crippen molar-refractivity contribution in [3.63, 3.8) is 0 Å². The summed E-state index contributed by atoms with van der Waals surface area (Å²) in [5, 5.41) is 9.70. The molecule has 158 valence electrons. The summed E-state index contributed by atoms with van der Waals surface area (Å²) in [6.45, 7) is 2.34. The predicted octanol–water partition coefficient (Wildman–Crippen LogP) is 3.31. The zero-order chi connectivity index (χ0) is 21.9. The maximum atomic E-state index is 13.6. The van der Waals surface area contributed by atoms with E-state index in [4.69, 9.17) is 5.73 Å². The van der Waals surface area contributed by atoms with Gasteiger partial charge in [0.15, 0.2) is 0 Å². The number of carbonyl (C=O) groups is 1. The third kappa shape index (κ3) is 5.01. The van der Waals surface area contributed by atoms with Crippen molar-refractivity contribution in [2.45, 2.75) is 26.2 Å². The number of halogens is 4. The number of nitrogens with two attached hydrogens (primary N) is 1. The molecule has 2 aromatic heterocycles. The standard InChI is InChI=1S/C18H17F4N7O/c1-2-29-9-13(7-26-29)27-17-25-8-14(15(23)30)16(28-17)24-6-10-3-11(18(20,21)22)5-12(19)4-10/h3-5,7-9H,2,6H2,1H3,(H2,23,30)(H2,24,25,27,28). The van der Waals surface area contributed by atoms with E-state index in [0.717, 1.165) is 12.1 Å². The van der Waals surface area contributed by atoms with Crippen LogP contribution >= 0.6 is 0 Å². The number of alkyl halides is 3.